The fourth-order valence-electron chi connectivity index (χ4n) is 1.05. The van der Waals surface area contributed by atoms with Crippen LogP contribution in [0.5, 0.6) is 5.75 Å². The summed E-state index contributed by atoms with van der Waals surface area (Å²) in [5.74, 6) is -0.443. The zero-order valence-electron chi connectivity index (χ0n) is 10.1. The van der Waals surface area contributed by atoms with E-state index in [1.165, 1.54) is 12.3 Å². The maximum absolute atomic E-state index is 11.8. The van der Waals surface area contributed by atoms with Crippen molar-refractivity contribution in [3.8, 4) is 5.75 Å². The van der Waals surface area contributed by atoms with Gasteiger partial charge >= 0.3 is 0 Å². The first-order valence-corrected chi connectivity index (χ1v) is 5.27. The highest BCUT2D eigenvalue weighted by Crippen LogP contribution is 2.20. The van der Waals surface area contributed by atoms with E-state index in [2.05, 4.69) is 10.3 Å². The van der Waals surface area contributed by atoms with Crippen LogP contribution in [0.4, 0.5) is 0 Å². The second kappa shape index (κ2) is 4.51. The molecule has 1 rings (SSSR count). The molecule has 0 bridgehead atoms. The largest absolute Gasteiger partial charge is 0.505 e. The van der Waals surface area contributed by atoms with E-state index in [0.717, 1.165) is 0 Å². The first-order chi connectivity index (χ1) is 7.32. The number of aromatic hydroxyl groups is 1. The summed E-state index contributed by atoms with van der Waals surface area (Å²) in [6.45, 7) is 8.04. The van der Waals surface area contributed by atoms with Crippen LogP contribution >= 0.6 is 0 Å². The Balaban J connectivity index is 2.78. The van der Waals surface area contributed by atoms with E-state index in [4.69, 9.17) is 0 Å². The minimum absolute atomic E-state index is 0.00130. The van der Waals surface area contributed by atoms with Gasteiger partial charge in [0.25, 0.3) is 5.91 Å². The fraction of sp³-hybridized carbons (Fsp3) is 0.500. The molecule has 88 valence electrons. The molecular weight excluding hydrogens is 204 g/mol. The maximum Gasteiger partial charge on any atom is 0.273 e. The van der Waals surface area contributed by atoms with Crippen LogP contribution in [0.2, 0.25) is 0 Å². The summed E-state index contributed by atoms with van der Waals surface area (Å²) in [5.41, 5.74) is 0.0404. The van der Waals surface area contributed by atoms with Crippen LogP contribution in [0.3, 0.4) is 0 Å². The zero-order valence-corrected chi connectivity index (χ0v) is 10.1. The van der Waals surface area contributed by atoms with Gasteiger partial charge in [-0.15, -0.1) is 0 Å². The van der Waals surface area contributed by atoms with Crippen molar-refractivity contribution in [3.63, 3.8) is 0 Å². The van der Waals surface area contributed by atoms with Crippen LogP contribution in [0, 0.1) is 5.41 Å². The van der Waals surface area contributed by atoms with Crippen LogP contribution in [0.1, 0.15) is 38.2 Å². The van der Waals surface area contributed by atoms with Gasteiger partial charge in [0.05, 0.1) is 0 Å². The summed E-state index contributed by atoms with van der Waals surface area (Å²) < 4.78 is 0. The van der Waals surface area contributed by atoms with E-state index in [1.807, 2.05) is 27.7 Å². The molecule has 0 spiro atoms. The van der Waals surface area contributed by atoms with Crippen LogP contribution < -0.4 is 5.32 Å². The number of rotatable bonds is 2. The molecule has 1 atom stereocenters. The molecule has 0 aliphatic heterocycles. The normalized spacial score (nSPS) is 13.2. The van der Waals surface area contributed by atoms with Crippen LogP contribution in [-0.4, -0.2) is 22.0 Å². The number of nitrogens with one attached hydrogen (secondary N) is 1. The number of aromatic nitrogens is 1. The van der Waals surface area contributed by atoms with Crippen LogP contribution in [0.25, 0.3) is 0 Å². The number of amides is 1. The Morgan fingerprint density at radius 1 is 1.50 bits per heavy atom. The number of pyridine rings is 1. The van der Waals surface area contributed by atoms with Crippen LogP contribution in [-0.2, 0) is 0 Å². The monoisotopic (exact) mass is 222 g/mol. The molecule has 2 N–H and O–H groups in total. The number of hydrogen-bond acceptors (Lipinski definition) is 3. The number of nitrogens with zero attached hydrogens (tertiary/aromatic N) is 1. The number of carbonyl (C=O) groups is 1. The third-order valence-corrected chi connectivity index (χ3v) is 2.65. The number of hydrogen-bond donors (Lipinski definition) is 2. The van der Waals surface area contributed by atoms with Crippen molar-refractivity contribution in [2.45, 2.75) is 33.7 Å². The van der Waals surface area contributed by atoms with Gasteiger partial charge in [0.1, 0.15) is 5.75 Å². The maximum atomic E-state index is 11.8. The van der Waals surface area contributed by atoms with E-state index in [1.54, 1.807) is 6.07 Å². The molecule has 1 aromatic rings. The van der Waals surface area contributed by atoms with E-state index >= 15 is 0 Å². The predicted molar refractivity (Wildman–Crippen MR) is 62.3 cm³/mol. The fourth-order valence-corrected chi connectivity index (χ4v) is 1.05. The van der Waals surface area contributed by atoms with Crippen molar-refractivity contribution in [2.75, 3.05) is 0 Å². The molecular formula is C12H18N2O2. The molecule has 0 aliphatic rings. The lowest BCUT2D eigenvalue weighted by molar-refractivity contribution is 0.0902. The minimum Gasteiger partial charge on any atom is -0.505 e. The van der Waals surface area contributed by atoms with E-state index in [-0.39, 0.29) is 28.8 Å². The molecule has 0 fully saturated rings. The standard InChI is InChI=1S/C12H18N2O2/c1-8(12(2,3)4)14-11(16)10-9(15)6-5-7-13-10/h5-8,15H,1-4H3,(H,14,16). The van der Waals surface area contributed by atoms with Crippen molar-refractivity contribution in [3.05, 3.63) is 24.0 Å². The Hall–Kier alpha value is -1.58. The molecule has 0 radical (unpaired) electrons. The quantitative estimate of drug-likeness (QED) is 0.804. The van der Waals surface area contributed by atoms with Gasteiger partial charge in [-0.3, -0.25) is 4.79 Å². The number of carbonyl (C=O) groups excluding carboxylic acids is 1. The van der Waals surface area contributed by atoms with Gasteiger partial charge in [0.2, 0.25) is 0 Å². The average molecular weight is 222 g/mol. The Bertz CT molecular complexity index is 383. The predicted octanol–water partition coefficient (Wildman–Crippen LogP) is 1.95. The molecule has 1 unspecified atom stereocenters. The van der Waals surface area contributed by atoms with Crippen molar-refractivity contribution >= 4 is 5.91 Å². The first kappa shape index (κ1) is 12.5. The average Bonchev–Trinajstić information content (AvgIpc) is 2.16. The summed E-state index contributed by atoms with van der Waals surface area (Å²) in [4.78, 5) is 15.6. The Morgan fingerprint density at radius 3 is 2.62 bits per heavy atom. The second-order valence-corrected chi connectivity index (χ2v) is 4.93. The van der Waals surface area contributed by atoms with Gasteiger partial charge in [-0.25, -0.2) is 4.98 Å². The molecule has 1 amide bonds. The highest BCUT2D eigenvalue weighted by Gasteiger charge is 2.23. The molecule has 16 heavy (non-hydrogen) atoms. The molecule has 1 heterocycles. The molecule has 0 saturated heterocycles. The lowest BCUT2D eigenvalue weighted by Gasteiger charge is -2.27. The second-order valence-electron chi connectivity index (χ2n) is 4.93. The summed E-state index contributed by atoms with van der Waals surface area (Å²) in [5, 5.41) is 12.3. The highest BCUT2D eigenvalue weighted by atomic mass is 16.3. The lowest BCUT2D eigenvalue weighted by atomic mass is 9.88. The molecule has 4 heteroatoms. The third-order valence-electron chi connectivity index (χ3n) is 2.65. The summed E-state index contributed by atoms with van der Waals surface area (Å²) in [6.07, 6.45) is 1.48. The smallest absolute Gasteiger partial charge is 0.273 e. The van der Waals surface area contributed by atoms with Crippen molar-refractivity contribution < 1.29 is 9.90 Å². The molecule has 4 nitrogen and oxygen atoms in total. The Kier molecular flexibility index (Phi) is 3.52. The van der Waals surface area contributed by atoms with Gasteiger partial charge in [0, 0.05) is 12.2 Å². The highest BCUT2D eigenvalue weighted by molar-refractivity contribution is 5.94. The van der Waals surface area contributed by atoms with E-state index in [9.17, 15) is 9.90 Å². The Morgan fingerprint density at radius 2 is 2.12 bits per heavy atom. The van der Waals surface area contributed by atoms with Gasteiger partial charge in [-0.2, -0.15) is 0 Å². The molecule has 0 saturated carbocycles. The van der Waals surface area contributed by atoms with Crippen molar-refractivity contribution in [1.82, 2.24) is 10.3 Å². The first-order valence-electron chi connectivity index (χ1n) is 5.27. The zero-order chi connectivity index (χ0) is 12.3. The van der Waals surface area contributed by atoms with Crippen molar-refractivity contribution in [2.24, 2.45) is 5.41 Å². The van der Waals surface area contributed by atoms with E-state index < -0.39 is 0 Å². The van der Waals surface area contributed by atoms with Crippen LogP contribution in [0.15, 0.2) is 18.3 Å². The topological polar surface area (TPSA) is 62.2 Å². The van der Waals surface area contributed by atoms with Crippen molar-refractivity contribution in [1.29, 1.82) is 0 Å². The van der Waals surface area contributed by atoms with Gasteiger partial charge in [-0.05, 0) is 24.5 Å². The summed E-state index contributed by atoms with van der Waals surface area (Å²) in [6, 6.07) is 3.03. The van der Waals surface area contributed by atoms with E-state index in [0.29, 0.717) is 0 Å². The van der Waals surface area contributed by atoms with Gasteiger partial charge in [-0.1, -0.05) is 20.8 Å². The summed E-state index contributed by atoms with van der Waals surface area (Å²) in [7, 11) is 0. The Labute approximate surface area is 95.7 Å². The molecule has 0 aliphatic carbocycles. The minimum atomic E-state index is -0.347. The SMILES string of the molecule is CC(NC(=O)c1ncccc1O)C(C)(C)C. The third kappa shape index (κ3) is 2.95. The molecule has 0 aromatic carbocycles. The summed E-state index contributed by atoms with van der Waals surface area (Å²) >= 11 is 0. The molecule has 1 aromatic heterocycles. The lowest BCUT2D eigenvalue weighted by Crippen LogP contribution is -2.41. The van der Waals surface area contributed by atoms with Gasteiger partial charge in [0.15, 0.2) is 5.69 Å². The van der Waals surface area contributed by atoms with Gasteiger partial charge < -0.3 is 10.4 Å².